The molecule has 4 heteroatoms. The Kier molecular flexibility index (Phi) is 4.59. The minimum Gasteiger partial charge on any atom is -0.393 e. The van der Waals surface area contributed by atoms with Gasteiger partial charge in [-0.25, -0.2) is 8.42 Å². The molecule has 3 atom stereocenters. The molecule has 0 bridgehead atoms. The van der Waals surface area contributed by atoms with Gasteiger partial charge in [-0.3, -0.25) is 0 Å². The van der Waals surface area contributed by atoms with E-state index in [2.05, 4.69) is 6.92 Å². The largest absolute Gasteiger partial charge is 0.393 e. The first-order valence-electron chi connectivity index (χ1n) is 5.83. The molecule has 0 aromatic rings. The minimum atomic E-state index is -2.87. The van der Waals surface area contributed by atoms with E-state index >= 15 is 0 Å². The van der Waals surface area contributed by atoms with Crippen molar-refractivity contribution in [3.8, 4) is 0 Å². The van der Waals surface area contributed by atoms with Crippen LogP contribution in [0.1, 0.15) is 39.5 Å². The van der Waals surface area contributed by atoms with E-state index in [1.807, 2.05) is 0 Å². The Morgan fingerprint density at radius 2 is 2.00 bits per heavy atom. The van der Waals surface area contributed by atoms with Crippen LogP contribution in [0.25, 0.3) is 0 Å². The Balaban J connectivity index is 2.43. The van der Waals surface area contributed by atoms with Gasteiger partial charge in [0.2, 0.25) is 0 Å². The van der Waals surface area contributed by atoms with Gasteiger partial charge in [0.15, 0.2) is 0 Å². The maximum atomic E-state index is 11.3. The Labute approximate surface area is 92.8 Å². The minimum absolute atomic E-state index is 0.190. The lowest BCUT2D eigenvalue weighted by atomic mass is 9.79. The lowest BCUT2D eigenvalue weighted by Gasteiger charge is -2.31. The highest BCUT2D eigenvalue weighted by molar-refractivity contribution is 7.91. The molecule has 0 radical (unpaired) electrons. The van der Waals surface area contributed by atoms with Gasteiger partial charge in [0.25, 0.3) is 0 Å². The topological polar surface area (TPSA) is 54.4 Å². The number of aliphatic hydroxyl groups is 1. The summed E-state index contributed by atoms with van der Waals surface area (Å²) < 4.78 is 22.7. The summed E-state index contributed by atoms with van der Waals surface area (Å²) in [4.78, 5) is 0. The number of hydrogen-bond donors (Lipinski definition) is 1. The van der Waals surface area contributed by atoms with Crippen molar-refractivity contribution in [3.63, 3.8) is 0 Å². The standard InChI is InChI=1S/C11H22O3S/c1-3-15(13,14)7-6-10-8-9(2)4-5-11(10)12/h9-12H,3-8H2,1-2H3. The van der Waals surface area contributed by atoms with E-state index in [0.717, 1.165) is 19.3 Å². The summed E-state index contributed by atoms with van der Waals surface area (Å²) >= 11 is 0. The van der Waals surface area contributed by atoms with Crippen LogP contribution in [-0.2, 0) is 9.84 Å². The average molecular weight is 234 g/mol. The van der Waals surface area contributed by atoms with E-state index < -0.39 is 9.84 Å². The zero-order valence-corrected chi connectivity index (χ0v) is 10.5. The third-order valence-electron chi connectivity index (χ3n) is 3.44. The molecule has 1 N–H and O–H groups in total. The van der Waals surface area contributed by atoms with Crippen molar-refractivity contribution in [3.05, 3.63) is 0 Å². The van der Waals surface area contributed by atoms with Gasteiger partial charge >= 0.3 is 0 Å². The first kappa shape index (κ1) is 13.0. The molecule has 0 amide bonds. The zero-order valence-electron chi connectivity index (χ0n) is 9.65. The van der Waals surface area contributed by atoms with Crippen molar-refractivity contribution in [2.24, 2.45) is 11.8 Å². The fraction of sp³-hybridized carbons (Fsp3) is 1.00. The van der Waals surface area contributed by atoms with E-state index in [4.69, 9.17) is 0 Å². The Hall–Kier alpha value is -0.0900. The van der Waals surface area contributed by atoms with Crippen LogP contribution in [-0.4, -0.2) is 31.1 Å². The molecular formula is C11H22O3S. The molecule has 0 aromatic heterocycles. The predicted molar refractivity (Wildman–Crippen MR) is 61.5 cm³/mol. The lowest BCUT2D eigenvalue weighted by molar-refractivity contribution is 0.0503. The van der Waals surface area contributed by atoms with Gasteiger partial charge in [-0.15, -0.1) is 0 Å². The third kappa shape index (κ3) is 4.11. The van der Waals surface area contributed by atoms with Gasteiger partial charge < -0.3 is 5.11 Å². The second kappa shape index (κ2) is 5.30. The first-order chi connectivity index (χ1) is 6.94. The lowest BCUT2D eigenvalue weighted by Crippen LogP contribution is -2.30. The molecule has 3 unspecified atom stereocenters. The first-order valence-corrected chi connectivity index (χ1v) is 7.65. The van der Waals surface area contributed by atoms with Crippen LogP contribution in [0.5, 0.6) is 0 Å². The maximum absolute atomic E-state index is 11.3. The van der Waals surface area contributed by atoms with Crippen LogP contribution in [0.2, 0.25) is 0 Å². The van der Waals surface area contributed by atoms with Gasteiger partial charge in [-0.05, 0) is 37.5 Å². The van der Waals surface area contributed by atoms with Crippen LogP contribution in [0.3, 0.4) is 0 Å². The van der Waals surface area contributed by atoms with Crippen molar-refractivity contribution in [1.29, 1.82) is 0 Å². The molecule has 0 spiro atoms. The normalized spacial score (nSPS) is 32.9. The summed E-state index contributed by atoms with van der Waals surface area (Å²) in [5.74, 6) is 1.27. The predicted octanol–water partition coefficient (Wildman–Crippen LogP) is 1.61. The van der Waals surface area contributed by atoms with Crippen molar-refractivity contribution < 1.29 is 13.5 Å². The molecule has 1 fully saturated rings. The van der Waals surface area contributed by atoms with Crippen LogP contribution < -0.4 is 0 Å². The summed E-state index contributed by atoms with van der Waals surface area (Å²) in [5.41, 5.74) is 0. The fourth-order valence-electron chi connectivity index (χ4n) is 2.27. The van der Waals surface area contributed by atoms with Crippen molar-refractivity contribution >= 4 is 9.84 Å². The summed E-state index contributed by atoms with van der Waals surface area (Å²) in [7, 11) is -2.87. The van der Waals surface area contributed by atoms with Crippen LogP contribution >= 0.6 is 0 Å². The zero-order chi connectivity index (χ0) is 11.5. The van der Waals surface area contributed by atoms with Gasteiger partial charge in [-0.1, -0.05) is 13.8 Å². The molecule has 0 aromatic carbocycles. The van der Waals surface area contributed by atoms with Gasteiger partial charge in [0, 0.05) is 5.75 Å². The molecule has 3 nitrogen and oxygen atoms in total. The van der Waals surface area contributed by atoms with Crippen LogP contribution in [0.15, 0.2) is 0 Å². The van der Waals surface area contributed by atoms with Crippen molar-refractivity contribution in [2.75, 3.05) is 11.5 Å². The van der Waals surface area contributed by atoms with Gasteiger partial charge in [-0.2, -0.15) is 0 Å². The van der Waals surface area contributed by atoms with Crippen molar-refractivity contribution in [2.45, 2.75) is 45.6 Å². The molecule has 1 aliphatic rings. The maximum Gasteiger partial charge on any atom is 0.150 e. The molecule has 0 saturated heterocycles. The van der Waals surface area contributed by atoms with E-state index in [9.17, 15) is 13.5 Å². The quantitative estimate of drug-likeness (QED) is 0.804. The Bertz CT molecular complexity index is 284. The van der Waals surface area contributed by atoms with E-state index in [1.165, 1.54) is 0 Å². The third-order valence-corrected chi connectivity index (χ3v) is 5.18. The average Bonchev–Trinajstić information content (AvgIpc) is 2.20. The van der Waals surface area contributed by atoms with E-state index in [0.29, 0.717) is 12.3 Å². The Morgan fingerprint density at radius 3 is 2.60 bits per heavy atom. The van der Waals surface area contributed by atoms with E-state index in [1.54, 1.807) is 6.92 Å². The SMILES string of the molecule is CCS(=O)(=O)CCC1CC(C)CCC1O. The molecule has 1 rings (SSSR count). The fourth-order valence-corrected chi connectivity index (χ4v) is 3.22. The van der Waals surface area contributed by atoms with Gasteiger partial charge in [0.05, 0.1) is 11.9 Å². The Morgan fingerprint density at radius 1 is 1.33 bits per heavy atom. The molecule has 1 aliphatic carbocycles. The molecule has 0 heterocycles. The number of rotatable bonds is 4. The molecule has 15 heavy (non-hydrogen) atoms. The van der Waals surface area contributed by atoms with Gasteiger partial charge in [0.1, 0.15) is 9.84 Å². The molecule has 90 valence electrons. The van der Waals surface area contributed by atoms with Crippen LogP contribution in [0, 0.1) is 11.8 Å². The second-order valence-electron chi connectivity index (χ2n) is 4.77. The number of hydrogen-bond acceptors (Lipinski definition) is 3. The smallest absolute Gasteiger partial charge is 0.150 e. The van der Waals surface area contributed by atoms with Crippen molar-refractivity contribution in [1.82, 2.24) is 0 Å². The monoisotopic (exact) mass is 234 g/mol. The van der Waals surface area contributed by atoms with Crippen LogP contribution in [0.4, 0.5) is 0 Å². The van der Waals surface area contributed by atoms with E-state index in [-0.39, 0.29) is 23.5 Å². The summed E-state index contributed by atoms with van der Waals surface area (Å²) in [5, 5.41) is 9.76. The summed E-state index contributed by atoms with van der Waals surface area (Å²) in [6.45, 7) is 3.85. The molecule has 0 aliphatic heterocycles. The molecular weight excluding hydrogens is 212 g/mol. The molecule has 1 saturated carbocycles. The second-order valence-corrected chi connectivity index (χ2v) is 7.24. The highest BCUT2D eigenvalue weighted by Gasteiger charge is 2.27. The highest BCUT2D eigenvalue weighted by Crippen LogP contribution is 2.31. The summed E-state index contributed by atoms with van der Waals surface area (Å²) in [6.07, 6.45) is 3.21. The number of aliphatic hydroxyl groups excluding tert-OH is 1. The number of sulfone groups is 1. The highest BCUT2D eigenvalue weighted by atomic mass is 32.2. The summed E-state index contributed by atoms with van der Waals surface area (Å²) in [6, 6.07) is 0.